The number of carbonyl (C=O) groups excluding carboxylic acids is 1. The van der Waals surface area contributed by atoms with Gasteiger partial charge in [-0.3, -0.25) is 9.69 Å². The lowest BCUT2D eigenvalue weighted by molar-refractivity contribution is 0.0986. The molecule has 0 N–H and O–H groups in total. The number of halogens is 1. The third kappa shape index (κ3) is 4.89. The van der Waals surface area contributed by atoms with Crippen LogP contribution in [0.1, 0.15) is 34.8 Å². The molecule has 5 nitrogen and oxygen atoms in total. The number of aryl methyl sites for hydroxylation is 3. The topological polar surface area (TPSA) is 51.0 Å². The number of benzene rings is 2. The van der Waals surface area contributed by atoms with Crippen LogP contribution in [0.4, 0.5) is 5.13 Å². The minimum absolute atomic E-state index is 0. The lowest BCUT2D eigenvalue weighted by atomic mass is 10.1. The van der Waals surface area contributed by atoms with Crippen molar-refractivity contribution >= 4 is 45.0 Å². The minimum atomic E-state index is -0.00889. The molecule has 0 aliphatic heterocycles. The van der Waals surface area contributed by atoms with Crippen LogP contribution >= 0.6 is 23.7 Å². The van der Waals surface area contributed by atoms with E-state index in [1.165, 1.54) is 5.56 Å². The standard InChI is InChI=1S/C23H24N4OS.ClH/c1-3-18-7-10-20-21(15-18)29-23(25-20)27(13-4-12-26-14-11-24-16-26)22(28)19-8-5-17(2)6-9-19;/h5-11,14-16H,3-4,12-13H2,1-2H3;1H. The molecule has 1 amide bonds. The van der Waals surface area contributed by atoms with Gasteiger partial charge in [-0.1, -0.05) is 42.0 Å². The first-order valence-electron chi connectivity index (χ1n) is 9.88. The third-order valence-electron chi connectivity index (χ3n) is 4.98. The fraction of sp³-hybridized carbons (Fsp3) is 0.261. The maximum absolute atomic E-state index is 13.3. The van der Waals surface area contributed by atoms with Gasteiger partial charge in [0, 0.05) is 31.0 Å². The maximum atomic E-state index is 13.3. The van der Waals surface area contributed by atoms with Crippen LogP contribution in [-0.4, -0.2) is 27.0 Å². The van der Waals surface area contributed by atoms with Gasteiger partial charge >= 0.3 is 0 Å². The van der Waals surface area contributed by atoms with E-state index in [1.807, 2.05) is 52.9 Å². The summed E-state index contributed by atoms with van der Waals surface area (Å²) in [5, 5.41) is 0.754. The van der Waals surface area contributed by atoms with Crippen molar-refractivity contribution in [1.29, 1.82) is 0 Å². The molecule has 0 spiro atoms. The highest BCUT2D eigenvalue weighted by Crippen LogP contribution is 2.31. The number of carbonyl (C=O) groups is 1. The Morgan fingerprint density at radius 3 is 2.67 bits per heavy atom. The average molecular weight is 441 g/mol. The molecule has 0 unspecified atom stereocenters. The van der Waals surface area contributed by atoms with E-state index in [9.17, 15) is 4.79 Å². The number of anilines is 1. The van der Waals surface area contributed by atoms with Crippen LogP contribution in [0.15, 0.2) is 61.2 Å². The fourth-order valence-corrected chi connectivity index (χ4v) is 4.31. The second-order valence-corrected chi connectivity index (χ2v) is 8.14. The van der Waals surface area contributed by atoms with Crippen molar-refractivity contribution < 1.29 is 4.79 Å². The van der Waals surface area contributed by atoms with Gasteiger partial charge in [-0.25, -0.2) is 9.97 Å². The molecule has 2 aromatic heterocycles. The summed E-state index contributed by atoms with van der Waals surface area (Å²) in [6.07, 6.45) is 7.32. The van der Waals surface area contributed by atoms with E-state index < -0.39 is 0 Å². The smallest absolute Gasteiger partial charge is 0.260 e. The van der Waals surface area contributed by atoms with Gasteiger partial charge < -0.3 is 4.57 Å². The van der Waals surface area contributed by atoms with Gasteiger partial charge in [0.25, 0.3) is 5.91 Å². The summed E-state index contributed by atoms with van der Waals surface area (Å²) < 4.78 is 3.15. The van der Waals surface area contributed by atoms with Crippen LogP contribution in [0.25, 0.3) is 10.2 Å². The molecule has 2 heterocycles. The Kier molecular flexibility index (Phi) is 7.24. The second kappa shape index (κ2) is 9.87. The number of fused-ring (bicyclic) bond motifs is 1. The van der Waals surface area contributed by atoms with Gasteiger partial charge in [-0.2, -0.15) is 0 Å². The Bertz CT molecular complexity index is 1110. The number of aromatic nitrogens is 3. The number of rotatable bonds is 7. The number of thiazole rings is 1. The highest BCUT2D eigenvalue weighted by atomic mass is 35.5. The van der Waals surface area contributed by atoms with Crippen LogP contribution in [0.5, 0.6) is 0 Å². The van der Waals surface area contributed by atoms with Crippen LogP contribution in [0.3, 0.4) is 0 Å². The summed E-state index contributed by atoms with van der Waals surface area (Å²) in [4.78, 5) is 24.0. The molecule has 0 aliphatic rings. The lowest BCUT2D eigenvalue weighted by Gasteiger charge is -2.20. The molecule has 4 rings (SSSR count). The summed E-state index contributed by atoms with van der Waals surface area (Å²) in [7, 11) is 0. The number of amides is 1. The minimum Gasteiger partial charge on any atom is -0.337 e. The van der Waals surface area contributed by atoms with E-state index in [2.05, 4.69) is 24.0 Å². The summed E-state index contributed by atoms with van der Waals surface area (Å²) in [6.45, 7) is 5.58. The Hall–Kier alpha value is -2.70. The molecule has 0 atom stereocenters. The van der Waals surface area contributed by atoms with E-state index >= 15 is 0 Å². The van der Waals surface area contributed by atoms with E-state index in [1.54, 1.807) is 23.9 Å². The maximum Gasteiger partial charge on any atom is 0.260 e. The van der Waals surface area contributed by atoms with E-state index in [-0.39, 0.29) is 18.3 Å². The number of nitrogens with zero attached hydrogens (tertiary/aromatic N) is 4. The summed E-state index contributed by atoms with van der Waals surface area (Å²) in [5.41, 5.74) is 4.05. The van der Waals surface area contributed by atoms with Crippen molar-refractivity contribution in [3.63, 3.8) is 0 Å². The first-order chi connectivity index (χ1) is 14.1. The largest absolute Gasteiger partial charge is 0.337 e. The molecule has 0 fully saturated rings. The van der Waals surface area contributed by atoms with Crippen molar-refractivity contribution in [2.24, 2.45) is 0 Å². The molecule has 0 saturated carbocycles. The lowest BCUT2D eigenvalue weighted by Crippen LogP contribution is -2.32. The van der Waals surface area contributed by atoms with Gasteiger partial charge in [0.1, 0.15) is 0 Å². The molecule has 0 bridgehead atoms. The molecule has 4 aromatic rings. The SMILES string of the molecule is CCc1ccc2nc(N(CCCn3ccnc3)C(=O)c3ccc(C)cc3)sc2c1.Cl. The number of hydrogen-bond donors (Lipinski definition) is 0. The van der Waals surface area contributed by atoms with Crippen LogP contribution in [-0.2, 0) is 13.0 Å². The summed E-state index contributed by atoms with van der Waals surface area (Å²) in [5.74, 6) is -0.00889. The van der Waals surface area contributed by atoms with E-state index in [0.717, 1.165) is 40.3 Å². The normalized spacial score (nSPS) is 10.7. The van der Waals surface area contributed by atoms with Crippen molar-refractivity contribution in [3.8, 4) is 0 Å². The monoisotopic (exact) mass is 440 g/mol. The summed E-state index contributed by atoms with van der Waals surface area (Å²) >= 11 is 1.58. The number of imidazole rings is 1. The van der Waals surface area contributed by atoms with Crippen LogP contribution in [0, 0.1) is 6.92 Å². The molecule has 7 heteroatoms. The molecule has 156 valence electrons. The fourth-order valence-electron chi connectivity index (χ4n) is 3.26. The van der Waals surface area contributed by atoms with Gasteiger partial charge in [0.2, 0.25) is 0 Å². The third-order valence-corrected chi connectivity index (χ3v) is 6.02. The van der Waals surface area contributed by atoms with E-state index in [4.69, 9.17) is 4.98 Å². The Labute approximate surface area is 186 Å². The Morgan fingerprint density at radius 2 is 1.97 bits per heavy atom. The van der Waals surface area contributed by atoms with Gasteiger partial charge in [0.05, 0.1) is 16.5 Å². The quantitative estimate of drug-likeness (QED) is 0.380. The van der Waals surface area contributed by atoms with Crippen molar-refractivity contribution in [2.75, 3.05) is 11.4 Å². The highest BCUT2D eigenvalue weighted by Gasteiger charge is 2.21. The summed E-state index contributed by atoms with van der Waals surface area (Å²) in [6, 6.07) is 14.1. The van der Waals surface area contributed by atoms with Crippen LogP contribution in [0.2, 0.25) is 0 Å². The molecule has 0 saturated heterocycles. The Balaban J connectivity index is 0.00000256. The van der Waals surface area contributed by atoms with Gasteiger partial charge in [-0.05, 0) is 49.6 Å². The van der Waals surface area contributed by atoms with Crippen molar-refractivity contribution in [3.05, 3.63) is 77.9 Å². The van der Waals surface area contributed by atoms with Gasteiger partial charge in [0.15, 0.2) is 5.13 Å². The number of hydrogen-bond acceptors (Lipinski definition) is 4. The van der Waals surface area contributed by atoms with Crippen molar-refractivity contribution in [1.82, 2.24) is 14.5 Å². The van der Waals surface area contributed by atoms with E-state index in [0.29, 0.717) is 12.1 Å². The zero-order chi connectivity index (χ0) is 20.2. The van der Waals surface area contributed by atoms with Crippen LogP contribution < -0.4 is 4.90 Å². The first kappa shape index (κ1) is 22.0. The average Bonchev–Trinajstić information content (AvgIpc) is 3.40. The zero-order valence-corrected chi connectivity index (χ0v) is 18.7. The predicted octanol–water partition coefficient (Wildman–Crippen LogP) is 5.52. The second-order valence-electron chi connectivity index (χ2n) is 7.13. The molecular weight excluding hydrogens is 416 g/mol. The first-order valence-corrected chi connectivity index (χ1v) is 10.7. The molecular formula is C23H25ClN4OS. The molecule has 30 heavy (non-hydrogen) atoms. The Morgan fingerprint density at radius 1 is 1.17 bits per heavy atom. The predicted molar refractivity (Wildman–Crippen MR) is 126 cm³/mol. The molecule has 0 aliphatic carbocycles. The highest BCUT2D eigenvalue weighted by molar-refractivity contribution is 7.22. The van der Waals surface area contributed by atoms with Gasteiger partial charge in [-0.15, -0.1) is 12.4 Å². The molecule has 2 aromatic carbocycles. The van der Waals surface area contributed by atoms with Crippen molar-refractivity contribution in [2.45, 2.75) is 33.2 Å². The zero-order valence-electron chi connectivity index (χ0n) is 17.1. The molecule has 0 radical (unpaired) electrons.